The molecule has 3 nitrogen and oxygen atoms in total. The monoisotopic (exact) mass is 283 g/mol. The minimum atomic E-state index is 0.609. The van der Waals surface area contributed by atoms with Gasteiger partial charge >= 0.3 is 0 Å². The molecule has 0 atom stereocenters. The first-order valence-electron chi connectivity index (χ1n) is 5.59. The number of aromatic nitrogens is 1. The van der Waals surface area contributed by atoms with Crippen LogP contribution in [0.2, 0.25) is 0 Å². The summed E-state index contributed by atoms with van der Waals surface area (Å²) < 4.78 is 2.09. The Morgan fingerprint density at radius 3 is 2.84 bits per heavy atom. The third-order valence-electron chi connectivity index (χ3n) is 2.61. The van der Waals surface area contributed by atoms with E-state index in [1.807, 2.05) is 24.3 Å². The van der Waals surface area contributed by atoms with Gasteiger partial charge in [0.1, 0.15) is 0 Å². The zero-order valence-corrected chi connectivity index (χ0v) is 11.5. The molecule has 0 unspecified atom stereocenters. The van der Waals surface area contributed by atoms with Crippen LogP contribution in [0, 0.1) is 11.3 Å². The lowest BCUT2D eigenvalue weighted by Gasteiger charge is -2.02. The average molecular weight is 283 g/mol. The Morgan fingerprint density at radius 1 is 1.21 bits per heavy atom. The second kappa shape index (κ2) is 4.92. The van der Waals surface area contributed by atoms with Gasteiger partial charge in [-0.2, -0.15) is 5.26 Å². The molecule has 0 aliphatic rings. The highest BCUT2D eigenvalue weighted by atomic mass is 32.2. The van der Waals surface area contributed by atoms with Crippen molar-refractivity contribution in [1.82, 2.24) is 4.98 Å². The first-order valence-corrected chi connectivity index (χ1v) is 7.22. The molecule has 0 aliphatic carbocycles. The van der Waals surface area contributed by atoms with Crippen LogP contribution in [0.1, 0.15) is 5.56 Å². The van der Waals surface area contributed by atoms with Gasteiger partial charge in [-0.05, 0) is 30.3 Å². The molecule has 1 aromatic heterocycles. The Morgan fingerprint density at radius 2 is 2.05 bits per heavy atom. The maximum atomic E-state index is 8.92. The first kappa shape index (κ1) is 12.0. The SMILES string of the molecule is N#Cc1ccc(N)c(Sc2nc3ccccc3s2)c1. The van der Waals surface area contributed by atoms with Crippen LogP contribution >= 0.6 is 23.1 Å². The van der Waals surface area contributed by atoms with Gasteiger partial charge in [-0.25, -0.2) is 4.98 Å². The molecule has 0 saturated carbocycles. The van der Waals surface area contributed by atoms with E-state index in [1.165, 1.54) is 11.8 Å². The normalized spacial score (nSPS) is 10.5. The molecule has 0 radical (unpaired) electrons. The summed E-state index contributed by atoms with van der Waals surface area (Å²) in [5.74, 6) is 0. The van der Waals surface area contributed by atoms with Crippen LogP contribution < -0.4 is 5.73 Å². The summed E-state index contributed by atoms with van der Waals surface area (Å²) in [6.45, 7) is 0. The smallest absolute Gasteiger partial charge is 0.155 e. The van der Waals surface area contributed by atoms with Crippen molar-refractivity contribution in [3.63, 3.8) is 0 Å². The highest BCUT2D eigenvalue weighted by molar-refractivity contribution is 8.01. The number of nitrogen functional groups attached to an aromatic ring is 1. The third-order valence-corrected chi connectivity index (χ3v) is 4.78. The molecule has 92 valence electrons. The molecule has 1 heterocycles. The van der Waals surface area contributed by atoms with Crippen LogP contribution in [-0.4, -0.2) is 4.98 Å². The van der Waals surface area contributed by atoms with Crippen molar-refractivity contribution in [2.75, 3.05) is 5.73 Å². The standard InChI is InChI=1S/C14H9N3S2/c15-8-9-5-6-10(16)13(7-9)19-14-17-11-3-1-2-4-12(11)18-14/h1-7H,16H2. The van der Waals surface area contributed by atoms with Crippen molar-refractivity contribution in [2.45, 2.75) is 9.24 Å². The number of benzene rings is 2. The molecule has 0 saturated heterocycles. The zero-order chi connectivity index (χ0) is 13.2. The predicted molar refractivity (Wildman–Crippen MR) is 79.3 cm³/mol. The van der Waals surface area contributed by atoms with Crippen molar-refractivity contribution in [2.24, 2.45) is 0 Å². The number of fused-ring (bicyclic) bond motifs is 1. The summed E-state index contributed by atoms with van der Waals surface area (Å²) in [5.41, 5.74) is 8.20. The van der Waals surface area contributed by atoms with E-state index in [2.05, 4.69) is 11.1 Å². The molecule has 3 rings (SSSR count). The number of thiazole rings is 1. The fourth-order valence-electron chi connectivity index (χ4n) is 1.68. The fourth-order valence-corrected chi connectivity index (χ4v) is 3.79. The van der Waals surface area contributed by atoms with Crippen molar-refractivity contribution in [3.8, 4) is 6.07 Å². The minimum absolute atomic E-state index is 0.609. The topological polar surface area (TPSA) is 62.7 Å². The molecule has 0 fully saturated rings. The fraction of sp³-hybridized carbons (Fsp3) is 0. The van der Waals surface area contributed by atoms with Gasteiger partial charge in [0, 0.05) is 10.6 Å². The van der Waals surface area contributed by atoms with Gasteiger partial charge in [0.05, 0.1) is 21.8 Å². The number of rotatable bonds is 2. The number of hydrogen-bond donors (Lipinski definition) is 1. The van der Waals surface area contributed by atoms with Crippen LogP contribution in [0.3, 0.4) is 0 Å². The summed E-state index contributed by atoms with van der Waals surface area (Å²) in [6.07, 6.45) is 0. The van der Waals surface area contributed by atoms with E-state index in [0.29, 0.717) is 11.3 Å². The molecule has 19 heavy (non-hydrogen) atoms. The van der Waals surface area contributed by atoms with E-state index in [0.717, 1.165) is 19.5 Å². The summed E-state index contributed by atoms with van der Waals surface area (Å²) in [6, 6.07) is 15.4. The molecule has 0 spiro atoms. The van der Waals surface area contributed by atoms with Gasteiger partial charge < -0.3 is 5.73 Å². The van der Waals surface area contributed by atoms with Gasteiger partial charge in [0.2, 0.25) is 0 Å². The zero-order valence-electron chi connectivity index (χ0n) is 9.83. The lowest BCUT2D eigenvalue weighted by Crippen LogP contribution is -1.89. The van der Waals surface area contributed by atoms with Gasteiger partial charge in [0.15, 0.2) is 4.34 Å². The van der Waals surface area contributed by atoms with Crippen LogP contribution in [-0.2, 0) is 0 Å². The van der Waals surface area contributed by atoms with Crippen LogP contribution in [0.25, 0.3) is 10.2 Å². The molecular weight excluding hydrogens is 274 g/mol. The highest BCUT2D eigenvalue weighted by Gasteiger charge is 2.08. The number of hydrogen-bond acceptors (Lipinski definition) is 5. The first-order chi connectivity index (χ1) is 9.26. The Kier molecular flexibility index (Phi) is 3.11. The molecule has 2 N–H and O–H groups in total. The largest absolute Gasteiger partial charge is 0.398 e. The minimum Gasteiger partial charge on any atom is -0.398 e. The molecule has 0 amide bonds. The summed E-state index contributed by atoms with van der Waals surface area (Å²) in [5, 5.41) is 8.92. The number of para-hydroxylation sites is 1. The summed E-state index contributed by atoms with van der Waals surface area (Å²) in [4.78, 5) is 5.42. The Bertz CT molecular complexity index is 754. The number of anilines is 1. The van der Waals surface area contributed by atoms with Gasteiger partial charge in [-0.1, -0.05) is 23.9 Å². The highest BCUT2D eigenvalue weighted by Crippen LogP contribution is 2.37. The maximum absolute atomic E-state index is 8.92. The van der Waals surface area contributed by atoms with E-state index >= 15 is 0 Å². The van der Waals surface area contributed by atoms with Crippen molar-refractivity contribution in [1.29, 1.82) is 5.26 Å². The predicted octanol–water partition coefficient (Wildman–Crippen LogP) is 3.90. The lowest BCUT2D eigenvalue weighted by atomic mass is 10.2. The quantitative estimate of drug-likeness (QED) is 0.724. The van der Waals surface area contributed by atoms with E-state index in [4.69, 9.17) is 11.0 Å². The van der Waals surface area contributed by atoms with Crippen molar-refractivity contribution >= 4 is 39.0 Å². The van der Waals surface area contributed by atoms with Crippen LogP contribution in [0.4, 0.5) is 5.69 Å². The van der Waals surface area contributed by atoms with Crippen LogP contribution in [0.15, 0.2) is 51.7 Å². The van der Waals surface area contributed by atoms with Gasteiger partial charge in [-0.3, -0.25) is 0 Å². The number of nitrogens with two attached hydrogens (primary N) is 1. The third kappa shape index (κ3) is 2.41. The Hall–Kier alpha value is -2.03. The molecular formula is C14H9N3S2. The van der Waals surface area contributed by atoms with Gasteiger partial charge in [-0.15, -0.1) is 11.3 Å². The van der Waals surface area contributed by atoms with E-state index in [9.17, 15) is 0 Å². The van der Waals surface area contributed by atoms with Gasteiger partial charge in [0.25, 0.3) is 0 Å². The summed E-state index contributed by atoms with van der Waals surface area (Å²) >= 11 is 3.13. The molecule has 0 bridgehead atoms. The van der Waals surface area contributed by atoms with E-state index in [-0.39, 0.29) is 0 Å². The second-order valence-electron chi connectivity index (χ2n) is 3.91. The lowest BCUT2D eigenvalue weighted by molar-refractivity contribution is 1.29. The number of nitriles is 1. The average Bonchev–Trinajstić information content (AvgIpc) is 2.83. The van der Waals surface area contributed by atoms with Crippen LogP contribution in [0.5, 0.6) is 0 Å². The molecule has 5 heteroatoms. The molecule has 2 aromatic carbocycles. The van der Waals surface area contributed by atoms with E-state index < -0.39 is 0 Å². The second-order valence-corrected chi connectivity index (χ2v) is 6.23. The summed E-state index contributed by atoms with van der Waals surface area (Å²) in [7, 11) is 0. The number of nitrogens with zero attached hydrogens (tertiary/aromatic N) is 2. The Labute approximate surface area is 118 Å². The van der Waals surface area contributed by atoms with Crippen molar-refractivity contribution < 1.29 is 0 Å². The Balaban J connectivity index is 1.98. The van der Waals surface area contributed by atoms with Crippen molar-refractivity contribution in [3.05, 3.63) is 48.0 Å². The maximum Gasteiger partial charge on any atom is 0.155 e. The molecule has 0 aliphatic heterocycles. The van der Waals surface area contributed by atoms with E-state index in [1.54, 1.807) is 29.5 Å². The molecule has 3 aromatic rings.